The third-order valence-corrected chi connectivity index (χ3v) is 5.60. The quantitative estimate of drug-likeness (QED) is 0.669. The number of nitrogens with zero attached hydrogens (tertiary/aromatic N) is 1. The van der Waals surface area contributed by atoms with Crippen molar-refractivity contribution >= 4 is 0 Å². The van der Waals surface area contributed by atoms with Crippen LogP contribution in [0.3, 0.4) is 0 Å². The highest BCUT2D eigenvalue weighted by atomic mass is 15.2. The predicted octanol–water partition coefficient (Wildman–Crippen LogP) is 4.19. The molecular formula is C17H36N2. The summed E-state index contributed by atoms with van der Waals surface area (Å²) >= 11 is 0. The van der Waals surface area contributed by atoms with Crippen molar-refractivity contribution < 1.29 is 0 Å². The summed E-state index contributed by atoms with van der Waals surface area (Å²) in [6.07, 6.45) is 10.7. The molecule has 0 aliphatic carbocycles. The molecule has 0 radical (unpaired) electrons. The van der Waals surface area contributed by atoms with E-state index >= 15 is 0 Å². The summed E-state index contributed by atoms with van der Waals surface area (Å²) < 4.78 is 0. The Morgan fingerprint density at radius 3 is 2.21 bits per heavy atom. The second kappa shape index (κ2) is 7.64. The molecule has 1 aliphatic heterocycles. The van der Waals surface area contributed by atoms with E-state index in [2.05, 4.69) is 32.6 Å². The minimum absolute atomic E-state index is 0.239. The Balaban J connectivity index is 2.46. The lowest BCUT2D eigenvalue weighted by atomic mass is 9.76. The first-order valence-corrected chi connectivity index (χ1v) is 8.45. The van der Waals surface area contributed by atoms with Gasteiger partial charge in [0.1, 0.15) is 0 Å². The van der Waals surface area contributed by atoms with E-state index in [0.29, 0.717) is 5.41 Å². The molecule has 1 fully saturated rings. The lowest BCUT2D eigenvalue weighted by Gasteiger charge is -2.47. The van der Waals surface area contributed by atoms with Crippen LogP contribution in [0.5, 0.6) is 0 Å². The third-order valence-electron chi connectivity index (χ3n) is 5.60. The molecule has 1 unspecified atom stereocenters. The van der Waals surface area contributed by atoms with Crippen LogP contribution in [-0.4, -0.2) is 30.1 Å². The van der Waals surface area contributed by atoms with E-state index < -0.39 is 0 Å². The highest BCUT2D eigenvalue weighted by Gasteiger charge is 2.36. The number of unbranched alkanes of at least 4 members (excludes halogenated alkanes) is 3. The van der Waals surface area contributed by atoms with E-state index in [1.165, 1.54) is 64.5 Å². The van der Waals surface area contributed by atoms with Crippen molar-refractivity contribution in [1.82, 2.24) is 4.90 Å². The van der Waals surface area contributed by atoms with Gasteiger partial charge in [0.2, 0.25) is 0 Å². The Labute approximate surface area is 121 Å². The molecule has 0 aromatic heterocycles. The fourth-order valence-electron chi connectivity index (χ4n) is 3.26. The van der Waals surface area contributed by atoms with E-state index in [1.807, 2.05) is 0 Å². The first-order valence-electron chi connectivity index (χ1n) is 8.45. The van der Waals surface area contributed by atoms with Gasteiger partial charge in [-0.1, -0.05) is 52.9 Å². The van der Waals surface area contributed by atoms with E-state index in [4.69, 9.17) is 5.73 Å². The Bertz CT molecular complexity index is 244. The summed E-state index contributed by atoms with van der Waals surface area (Å²) in [6, 6.07) is 0. The van der Waals surface area contributed by atoms with Crippen molar-refractivity contribution in [3.8, 4) is 0 Å². The monoisotopic (exact) mass is 268 g/mol. The normalized spacial score (nSPS) is 23.2. The molecule has 114 valence electrons. The summed E-state index contributed by atoms with van der Waals surface area (Å²) in [5.74, 6) is 0. The van der Waals surface area contributed by atoms with E-state index in [9.17, 15) is 0 Å². The molecule has 2 heteroatoms. The van der Waals surface area contributed by atoms with Gasteiger partial charge in [-0.25, -0.2) is 0 Å². The third kappa shape index (κ3) is 4.75. The Morgan fingerprint density at radius 2 is 1.74 bits per heavy atom. The second-order valence-corrected chi connectivity index (χ2v) is 7.16. The molecule has 1 aliphatic rings. The molecule has 1 rings (SSSR count). The smallest absolute Gasteiger partial charge is 0.0303 e. The molecule has 1 atom stereocenters. The van der Waals surface area contributed by atoms with Gasteiger partial charge < -0.3 is 5.73 Å². The van der Waals surface area contributed by atoms with E-state index in [1.54, 1.807) is 0 Å². The summed E-state index contributed by atoms with van der Waals surface area (Å²) in [6.45, 7) is 12.7. The molecule has 0 aromatic carbocycles. The number of hydrogen-bond donors (Lipinski definition) is 1. The maximum Gasteiger partial charge on any atom is 0.0303 e. The summed E-state index contributed by atoms with van der Waals surface area (Å²) in [7, 11) is 0. The van der Waals surface area contributed by atoms with Crippen LogP contribution in [0.1, 0.15) is 79.1 Å². The van der Waals surface area contributed by atoms with Gasteiger partial charge in [-0.15, -0.1) is 0 Å². The largest absolute Gasteiger partial charge is 0.329 e. The van der Waals surface area contributed by atoms with Gasteiger partial charge >= 0.3 is 0 Å². The van der Waals surface area contributed by atoms with Crippen LogP contribution in [0.15, 0.2) is 0 Å². The van der Waals surface area contributed by atoms with Crippen molar-refractivity contribution in [2.45, 2.75) is 84.6 Å². The van der Waals surface area contributed by atoms with Gasteiger partial charge in [0.15, 0.2) is 0 Å². The summed E-state index contributed by atoms with van der Waals surface area (Å²) in [4.78, 5) is 2.68. The Morgan fingerprint density at radius 1 is 1.11 bits per heavy atom. The van der Waals surface area contributed by atoms with Crippen LogP contribution in [0.2, 0.25) is 0 Å². The van der Waals surface area contributed by atoms with Gasteiger partial charge in [-0.3, -0.25) is 4.90 Å². The molecule has 0 bridgehead atoms. The number of nitrogens with two attached hydrogens (primary N) is 1. The molecule has 1 saturated heterocycles. The SMILES string of the molecule is CCCCCCC(C)(CN)N1CCC(C)(CC)CC1. The van der Waals surface area contributed by atoms with Gasteiger partial charge in [-0.2, -0.15) is 0 Å². The lowest BCUT2D eigenvalue weighted by molar-refractivity contribution is 0.0285. The van der Waals surface area contributed by atoms with Gasteiger partial charge in [-0.05, 0) is 44.7 Å². The zero-order valence-corrected chi connectivity index (χ0v) is 13.8. The topological polar surface area (TPSA) is 29.3 Å². The van der Waals surface area contributed by atoms with Gasteiger partial charge in [0.25, 0.3) is 0 Å². The maximum absolute atomic E-state index is 6.11. The van der Waals surface area contributed by atoms with Crippen LogP contribution in [0, 0.1) is 5.41 Å². The number of piperidine rings is 1. The predicted molar refractivity (Wildman–Crippen MR) is 85.4 cm³/mol. The minimum atomic E-state index is 0.239. The lowest BCUT2D eigenvalue weighted by Crippen LogP contribution is -2.55. The highest BCUT2D eigenvalue weighted by molar-refractivity contribution is 4.92. The van der Waals surface area contributed by atoms with Crippen LogP contribution in [0.4, 0.5) is 0 Å². The zero-order chi connectivity index (χ0) is 14.4. The molecular weight excluding hydrogens is 232 g/mol. The molecule has 0 aromatic rings. The first-order chi connectivity index (χ1) is 8.99. The summed E-state index contributed by atoms with van der Waals surface area (Å²) in [5.41, 5.74) is 6.93. The van der Waals surface area contributed by atoms with E-state index in [0.717, 1.165) is 6.54 Å². The average molecular weight is 268 g/mol. The van der Waals surface area contributed by atoms with Gasteiger partial charge in [0.05, 0.1) is 0 Å². The maximum atomic E-state index is 6.11. The molecule has 1 heterocycles. The van der Waals surface area contributed by atoms with Crippen LogP contribution in [-0.2, 0) is 0 Å². The number of rotatable bonds is 8. The fourth-order valence-corrected chi connectivity index (χ4v) is 3.26. The van der Waals surface area contributed by atoms with Crippen LogP contribution >= 0.6 is 0 Å². The average Bonchev–Trinajstić information content (AvgIpc) is 2.44. The number of hydrogen-bond acceptors (Lipinski definition) is 2. The molecule has 0 amide bonds. The van der Waals surface area contributed by atoms with Gasteiger partial charge in [0, 0.05) is 12.1 Å². The fraction of sp³-hybridized carbons (Fsp3) is 1.00. The number of likely N-dealkylation sites (tertiary alicyclic amines) is 1. The molecule has 19 heavy (non-hydrogen) atoms. The van der Waals surface area contributed by atoms with Crippen molar-refractivity contribution in [3.63, 3.8) is 0 Å². The van der Waals surface area contributed by atoms with Crippen LogP contribution < -0.4 is 5.73 Å². The molecule has 2 N–H and O–H groups in total. The van der Waals surface area contributed by atoms with Crippen molar-refractivity contribution in [2.24, 2.45) is 11.1 Å². The zero-order valence-electron chi connectivity index (χ0n) is 13.8. The van der Waals surface area contributed by atoms with Crippen molar-refractivity contribution in [1.29, 1.82) is 0 Å². The minimum Gasteiger partial charge on any atom is -0.329 e. The standard InChI is InChI=1S/C17H36N2/c1-5-7-8-9-10-17(4,15-18)19-13-11-16(3,6-2)12-14-19/h5-15,18H2,1-4H3. The molecule has 2 nitrogen and oxygen atoms in total. The Hall–Kier alpha value is -0.0800. The summed E-state index contributed by atoms with van der Waals surface area (Å²) in [5, 5.41) is 0. The van der Waals surface area contributed by atoms with E-state index in [-0.39, 0.29) is 5.54 Å². The second-order valence-electron chi connectivity index (χ2n) is 7.16. The van der Waals surface area contributed by atoms with Crippen molar-refractivity contribution in [2.75, 3.05) is 19.6 Å². The van der Waals surface area contributed by atoms with Crippen molar-refractivity contribution in [3.05, 3.63) is 0 Å². The molecule has 0 spiro atoms. The Kier molecular flexibility index (Phi) is 6.82. The van der Waals surface area contributed by atoms with Crippen LogP contribution in [0.25, 0.3) is 0 Å². The first kappa shape index (κ1) is 17.0. The molecule has 0 saturated carbocycles. The highest BCUT2D eigenvalue weighted by Crippen LogP contribution is 2.37.